The Morgan fingerprint density at radius 1 is 1.67 bits per heavy atom. The smallest absolute Gasteiger partial charge is 0.339 e. The molecule has 1 amide bonds. The van der Waals surface area contributed by atoms with Crippen molar-refractivity contribution in [3.63, 3.8) is 0 Å². The van der Waals surface area contributed by atoms with Gasteiger partial charge in [-0.05, 0) is 13.8 Å². The van der Waals surface area contributed by atoms with E-state index in [0.29, 0.717) is 18.7 Å². The van der Waals surface area contributed by atoms with Crippen molar-refractivity contribution in [1.29, 1.82) is 0 Å². The number of hydrogen-bond donors (Lipinski definition) is 1. The van der Waals surface area contributed by atoms with Crippen molar-refractivity contribution in [3.05, 3.63) is 35.8 Å². The molecular weight excluding hydrogens is 234 g/mol. The maximum absolute atomic E-state index is 12.4. The molecule has 0 spiro atoms. The van der Waals surface area contributed by atoms with Gasteiger partial charge >= 0.3 is 5.97 Å². The second-order valence-corrected chi connectivity index (χ2v) is 4.95. The maximum Gasteiger partial charge on any atom is 0.339 e. The summed E-state index contributed by atoms with van der Waals surface area (Å²) >= 11 is 0. The normalized spacial score (nSPS) is 17.4. The average molecular weight is 249 g/mol. The first-order chi connectivity index (χ1) is 8.38. The molecule has 5 nitrogen and oxygen atoms in total. The van der Waals surface area contributed by atoms with Crippen LogP contribution >= 0.6 is 0 Å². The van der Waals surface area contributed by atoms with Gasteiger partial charge in [0.25, 0.3) is 5.91 Å². The number of carbonyl (C=O) groups excluding carboxylic acids is 1. The van der Waals surface area contributed by atoms with Crippen LogP contribution in [0.4, 0.5) is 0 Å². The Labute approximate surface area is 105 Å². The molecule has 1 aromatic rings. The molecule has 1 aliphatic heterocycles. The van der Waals surface area contributed by atoms with E-state index < -0.39 is 11.5 Å². The van der Waals surface area contributed by atoms with Gasteiger partial charge in [0.05, 0.1) is 5.56 Å². The third-order valence-electron chi connectivity index (χ3n) is 3.19. The van der Waals surface area contributed by atoms with Gasteiger partial charge in [-0.25, -0.2) is 4.79 Å². The van der Waals surface area contributed by atoms with E-state index in [-0.39, 0.29) is 17.0 Å². The zero-order valence-electron chi connectivity index (χ0n) is 10.4. The van der Waals surface area contributed by atoms with Crippen molar-refractivity contribution in [2.24, 2.45) is 0 Å². The minimum atomic E-state index is -1.15. The summed E-state index contributed by atoms with van der Waals surface area (Å²) in [6.45, 7) is 7.84. The van der Waals surface area contributed by atoms with Gasteiger partial charge in [-0.1, -0.05) is 6.08 Å². The highest BCUT2D eigenvalue weighted by atomic mass is 16.4. The molecule has 0 saturated heterocycles. The predicted molar refractivity (Wildman–Crippen MR) is 64.7 cm³/mol. The van der Waals surface area contributed by atoms with Gasteiger partial charge in [0.1, 0.15) is 17.6 Å². The van der Waals surface area contributed by atoms with Crippen LogP contribution in [0.3, 0.4) is 0 Å². The first-order valence-corrected chi connectivity index (χ1v) is 5.65. The zero-order chi connectivity index (χ0) is 13.5. The van der Waals surface area contributed by atoms with Crippen LogP contribution in [0.15, 0.2) is 23.3 Å². The van der Waals surface area contributed by atoms with Crippen LogP contribution in [0.25, 0.3) is 0 Å². The first kappa shape index (κ1) is 12.4. The molecule has 0 radical (unpaired) electrons. The van der Waals surface area contributed by atoms with E-state index >= 15 is 0 Å². The van der Waals surface area contributed by atoms with Crippen LogP contribution in [-0.4, -0.2) is 34.0 Å². The largest absolute Gasteiger partial charge is 0.478 e. The number of carboxylic acids is 1. The van der Waals surface area contributed by atoms with E-state index in [1.165, 1.54) is 0 Å². The maximum atomic E-state index is 12.4. The Kier molecular flexibility index (Phi) is 2.77. The standard InChI is InChI=1S/C13H15NO4/c1-4-5-14-11(15)10-8(12(16)17)7-18-9(10)6-13(14,2)3/h4,7H,1,5-6H2,2-3H3,(H,16,17). The monoisotopic (exact) mass is 249 g/mol. The number of fused-ring (bicyclic) bond motifs is 1. The van der Waals surface area contributed by atoms with Crippen molar-refractivity contribution in [3.8, 4) is 0 Å². The highest BCUT2D eigenvalue weighted by molar-refractivity contribution is 6.06. The number of furan rings is 1. The number of nitrogens with zero attached hydrogens (tertiary/aromatic N) is 1. The van der Waals surface area contributed by atoms with Gasteiger partial charge in [-0.2, -0.15) is 0 Å². The highest BCUT2D eigenvalue weighted by Gasteiger charge is 2.41. The zero-order valence-corrected chi connectivity index (χ0v) is 10.4. The molecule has 0 atom stereocenters. The van der Waals surface area contributed by atoms with Crippen molar-refractivity contribution < 1.29 is 19.1 Å². The summed E-state index contributed by atoms with van der Waals surface area (Å²) in [7, 11) is 0. The molecule has 1 aromatic heterocycles. The topological polar surface area (TPSA) is 70.8 Å². The lowest BCUT2D eigenvalue weighted by atomic mass is 9.88. The van der Waals surface area contributed by atoms with Crippen LogP contribution in [0, 0.1) is 0 Å². The number of rotatable bonds is 3. The Hall–Kier alpha value is -2.04. The molecule has 0 aliphatic carbocycles. The average Bonchev–Trinajstić information content (AvgIpc) is 2.67. The molecule has 0 saturated carbocycles. The fourth-order valence-corrected chi connectivity index (χ4v) is 2.28. The quantitative estimate of drug-likeness (QED) is 0.831. The van der Waals surface area contributed by atoms with Crippen molar-refractivity contribution in [2.45, 2.75) is 25.8 Å². The summed E-state index contributed by atoms with van der Waals surface area (Å²) in [6.07, 6.45) is 3.26. The summed E-state index contributed by atoms with van der Waals surface area (Å²) in [5.41, 5.74) is -0.311. The van der Waals surface area contributed by atoms with Gasteiger partial charge in [0, 0.05) is 18.5 Å². The van der Waals surface area contributed by atoms with Crippen molar-refractivity contribution in [2.75, 3.05) is 6.54 Å². The summed E-state index contributed by atoms with van der Waals surface area (Å²) in [6, 6.07) is 0. The van der Waals surface area contributed by atoms with E-state index in [1.807, 2.05) is 13.8 Å². The number of hydrogen-bond acceptors (Lipinski definition) is 3. The molecule has 1 aliphatic rings. The minimum Gasteiger partial charge on any atom is -0.478 e. The molecule has 0 bridgehead atoms. The van der Waals surface area contributed by atoms with Crippen LogP contribution in [0.5, 0.6) is 0 Å². The third-order valence-corrected chi connectivity index (χ3v) is 3.19. The second-order valence-electron chi connectivity index (χ2n) is 4.95. The van der Waals surface area contributed by atoms with Crippen LogP contribution in [0.1, 0.15) is 40.3 Å². The summed E-state index contributed by atoms with van der Waals surface area (Å²) in [5.74, 6) is -1.01. The van der Waals surface area contributed by atoms with E-state index in [4.69, 9.17) is 9.52 Å². The summed E-state index contributed by atoms with van der Waals surface area (Å²) in [4.78, 5) is 25.0. The fraction of sp³-hybridized carbons (Fsp3) is 0.385. The Morgan fingerprint density at radius 2 is 2.33 bits per heavy atom. The van der Waals surface area contributed by atoms with Crippen molar-refractivity contribution >= 4 is 11.9 Å². The molecule has 2 rings (SSSR count). The molecule has 0 unspecified atom stereocenters. The van der Waals surface area contributed by atoms with Crippen LogP contribution in [0.2, 0.25) is 0 Å². The Balaban J connectivity index is 2.54. The predicted octanol–water partition coefficient (Wildman–Crippen LogP) is 1.94. The SMILES string of the molecule is C=CCN1C(=O)c2c(C(=O)O)coc2CC1(C)C. The number of aromatic carboxylic acids is 1. The van der Waals surface area contributed by atoms with Crippen LogP contribution in [-0.2, 0) is 6.42 Å². The van der Waals surface area contributed by atoms with E-state index in [0.717, 1.165) is 6.26 Å². The molecule has 2 heterocycles. The third kappa shape index (κ3) is 1.72. The Bertz CT molecular complexity index is 527. The number of amides is 1. The molecule has 18 heavy (non-hydrogen) atoms. The minimum absolute atomic E-state index is 0.0698. The first-order valence-electron chi connectivity index (χ1n) is 5.65. The number of carboxylic acid groups (broad SMARTS) is 1. The lowest BCUT2D eigenvalue weighted by molar-refractivity contribution is 0.0518. The molecule has 96 valence electrons. The van der Waals surface area contributed by atoms with Gasteiger partial charge in [0.15, 0.2) is 0 Å². The van der Waals surface area contributed by atoms with Gasteiger partial charge in [0.2, 0.25) is 0 Å². The Morgan fingerprint density at radius 3 is 2.89 bits per heavy atom. The molecular formula is C13H15NO4. The van der Waals surface area contributed by atoms with Crippen molar-refractivity contribution in [1.82, 2.24) is 4.90 Å². The van der Waals surface area contributed by atoms with E-state index in [1.54, 1.807) is 11.0 Å². The fourth-order valence-electron chi connectivity index (χ4n) is 2.28. The van der Waals surface area contributed by atoms with E-state index in [2.05, 4.69) is 6.58 Å². The molecule has 1 N–H and O–H groups in total. The van der Waals surface area contributed by atoms with Crippen LogP contribution < -0.4 is 0 Å². The summed E-state index contributed by atoms with van der Waals surface area (Å²) in [5, 5.41) is 9.04. The van der Waals surface area contributed by atoms with Gasteiger partial charge in [-0.3, -0.25) is 4.79 Å². The molecule has 5 heteroatoms. The molecule has 0 aromatic carbocycles. The molecule has 0 fully saturated rings. The highest BCUT2D eigenvalue weighted by Crippen LogP contribution is 2.33. The lowest BCUT2D eigenvalue weighted by Gasteiger charge is -2.41. The number of carbonyl (C=O) groups is 2. The second kappa shape index (κ2) is 4.01. The lowest BCUT2D eigenvalue weighted by Crippen LogP contribution is -2.52. The van der Waals surface area contributed by atoms with Gasteiger partial charge < -0.3 is 14.4 Å². The summed E-state index contributed by atoms with van der Waals surface area (Å²) < 4.78 is 5.23. The van der Waals surface area contributed by atoms with Gasteiger partial charge in [-0.15, -0.1) is 6.58 Å². The van der Waals surface area contributed by atoms with E-state index in [9.17, 15) is 9.59 Å².